The van der Waals surface area contributed by atoms with Gasteiger partial charge in [0.1, 0.15) is 11.4 Å². The van der Waals surface area contributed by atoms with Crippen molar-refractivity contribution in [1.82, 2.24) is 29.4 Å². The van der Waals surface area contributed by atoms with Crippen LogP contribution < -0.4 is 51.5 Å². The van der Waals surface area contributed by atoms with E-state index in [1.807, 2.05) is 20.8 Å². The number of nitrogens with one attached hydrogen (secondary N) is 1. The quantitative estimate of drug-likeness (QED) is 0.0581. The minimum Gasteiger partial charge on any atom is -0.543 e. The number of ether oxygens (including phenoxy) is 1. The first-order chi connectivity index (χ1) is 23.7. The van der Waals surface area contributed by atoms with Gasteiger partial charge in [-0.1, -0.05) is 25.9 Å². The van der Waals surface area contributed by atoms with E-state index in [1.165, 1.54) is 22.7 Å². The van der Waals surface area contributed by atoms with Crippen LogP contribution in [0.5, 0.6) is 0 Å². The molecule has 0 aliphatic carbocycles. The van der Waals surface area contributed by atoms with Gasteiger partial charge in [-0.15, -0.1) is 11.8 Å². The molecular formula is C29H31N8NaO11S2. The van der Waals surface area contributed by atoms with Crippen molar-refractivity contribution in [2.24, 2.45) is 5.16 Å². The van der Waals surface area contributed by atoms with E-state index < -0.39 is 57.9 Å². The summed E-state index contributed by atoms with van der Waals surface area (Å²) in [4.78, 5) is 83.9. The van der Waals surface area contributed by atoms with Crippen LogP contribution in [0.1, 0.15) is 51.0 Å². The van der Waals surface area contributed by atoms with Gasteiger partial charge in [0.15, 0.2) is 23.3 Å². The predicted molar refractivity (Wildman–Crippen MR) is 170 cm³/mol. The summed E-state index contributed by atoms with van der Waals surface area (Å²) in [7, 11) is 0. The molecule has 19 nitrogen and oxygen atoms in total. The molecule has 4 N–H and O–H groups in total. The second-order valence-corrected chi connectivity index (χ2v) is 14.6. The fourth-order valence-corrected chi connectivity index (χ4v) is 7.90. The summed E-state index contributed by atoms with van der Waals surface area (Å²) >= 11 is 1.94. The number of rotatable bonds is 8. The van der Waals surface area contributed by atoms with Gasteiger partial charge >= 0.3 is 41.5 Å². The molecule has 4 aliphatic heterocycles. The smallest absolute Gasteiger partial charge is 0.543 e. The molecule has 0 unspecified atom stereocenters. The first kappa shape index (κ1) is 38.1. The number of nitrogens with zero attached hydrogens (tertiary/aromatic N) is 6. The third kappa shape index (κ3) is 7.43. The zero-order chi connectivity index (χ0) is 36.1. The van der Waals surface area contributed by atoms with Gasteiger partial charge in [-0.3, -0.25) is 19.3 Å². The number of aliphatic carboxylic acids is 1. The van der Waals surface area contributed by atoms with Crippen LogP contribution in [-0.4, -0.2) is 108 Å². The molecule has 3 saturated heterocycles. The van der Waals surface area contributed by atoms with Crippen molar-refractivity contribution in [1.29, 1.82) is 0 Å². The fraction of sp³-hybridized carbons (Fsp3) is 0.483. The third-order valence-corrected chi connectivity index (χ3v) is 10.3. The maximum absolute atomic E-state index is 13.5. The zero-order valence-corrected chi connectivity index (χ0v) is 31.5. The third-order valence-electron chi connectivity index (χ3n) is 8.47. The Labute approximate surface area is 319 Å². The summed E-state index contributed by atoms with van der Waals surface area (Å²) in [6, 6.07) is -1.47. The van der Waals surface area contributed by atoms with Crippen molar-refractivity contribution in [3.63, 3.8) is 0 Å². The van der Waals surface area contributed by atoms with Gasteiger partial charge < -0.3 is 49.5 Å². The molecule has 0 saturated carbocycles. The Bertz CT molecular complexity index is 1930. The molecule has 0 spiro atoms. The number of aromatic nitrogens is 2. The Morgan fingerprint density at radius 2 is 1.96 bits per heavy atom. The van der Waals surface area contributed by atoms with Crippen molar-refractivity contribution < 1.29 is 77.4 Å². The largest absolute Gasteiger partial charge is 1.00 e. The number of carboxylic acid groups (broad SMARTS) is 1. The van der Waals surface area contributed by atoms with Crippen LogP contribution in [0.25, 0.3) is 0 Å². The molecule has 6 heterocycles. The number of hydrogen-bond donors (Lipinski definition) is 3. The van der Waals surface area contributed by atoms with Gasteiger partial charge in [-0.25, -0.2) is 9.59 Å². The van der Waals surface area contributed by atoms with E-state index in [0.717, 1.165) is 16.4 Å². The summed E-state index contributed by atoms with van der Waals surface area (Å²) in [5.74, 6) is -4.31. The molecule has 51 heavy (non-hydrogen) atoms. The van der Waals surface area contributed by atoms with E-state index in [9.17, 15) is 39.1 Å². The number of anilines is 1. The number of nitrogens with two attached hydrogens (primary N) is 1. The van der Waals surface area contributed by atoms with E-state index in [0.29, 0.717) is 31.5 Å². The Balaban J connectivity index is 0.00000504. The van der Waals surface area contributed by atoms with Crippen molar-refractivity contribution in [2.75, 3.05) is 31.1 Å². The van der Waals surface area contributed by atoms with Gasteiger partial charge in [-0.2, -0.15) is 9.36 Å². The van der Waals surface area contributed by atoms with Gasteiger partial charge in [0.2, 0.25) is 17.4 Å². The first-order valence-corrected chi connectivity index (χ1v) is 17.1. The number of carbonyl (C=O) groups excluding carboxylic acids is 5. The van der Waals surface area contributed by atoms with E-state index in [1.54, 1.807) is 4.90 Å². The monoisotopic (exact) mass is 754 g/mol. The number of thioether (sulfide) groups is 1. The molecule has 6 rings (SSSR count). The number of carboxylic acids is 1. The molecule has 4 amide bonds. The molecule has 0 radical (unpaired) electrons. The number of oxime groups is 1. The van der Waals surface area contributed by atoms with Gasteiger partial charge in [0, 0.05) is 47.9 Å². The second kappa shape index (κ2) is 14.8. The number of likely N-dealkylation sites (tertiary alicyclic amines) is 2. The average molecular weight is 755 g/mol. The van der Waals surface area contributed by atoms with Gasteiger partial charge in [0.25, 0.3) is 11.8 Å². The van der Waals surface area contributed by atoms with Crippen LogP contribution in [0.4, 0.5) is 9.93 Å². The number of carbonyl (C=O) groups is 5. The Hall–Kier alpha value is -4.18. The maximum Gasteiger partial charge on any atom is 1.00 e. The number of fused-ring (bicyclic) bond motifs is 1. The van der Waals surface area contributed by atoms with Crippen LogP contribution in [-0.2, 0) is 35.9 Å². The van der Waals surface area contributed by atoms with Crippen LogP contribution in [0.2, 0.25) is 0 Å². The van der Waals surface area contributed by atoms with Crippen LogP contribution in [0, 0.1) is 0 Å². The van der Waals surface area contributed by atoms with Crippen molar-refractivity contribution >= 4 is 63.9 Å². The summed E-state index contributed by atoms with van der Waals surface area (Å²) < 4.78 is 19.4. The minimum atomic E-state index is -1.63. The standard InChI is InChI=1S/C29H32N8O11S2.Na/c1-29(2,3)19-15(47-28(44)48-19)10-46-27(43)35-6-5-14(9-35)36-7-4-12(22(36)39)8-13-11-49-24-17(23(40)37(24)18(13)25(41)42)31-21(38)16(33-45)20-32-26(30)50-34-20;/h8,14,17,24,45H,4-7,9-11H2,1-3H3,(H,31,38)(H,41,42)(H2,30,32,34);/q;+1/p-1/b12-8+,33-16-;/t14-,17-,24-;/m1./s1. The molecule has 266 valence electrons. The molecule has 2 aromatic heterocycles. The number of amides is 4. The summed E-state index contributed by atoms with van der Waals surface area (Å²) in [5.41, 5.74) is 4.53. The first-order valence-electron chi connectivity index (χ1n) is 15.3. The van der Waals surface area contributed by atoms with Crippen molar-refractivity contribution in [3.8, 4) is 0 Å². The molecule has 2 aromatic rings. The second-order valence-electron chi connectivity index (χ2n) is 12.7. The van der Waals surface area contributed by atoms with Crippen LogP contribution in [0.3, 0.4) is 0 Å². The van der Waals surface area contributed by atoms with E-state index in [4.69, 9.17) is 19.3 Å². The van der Waals surface area contributed by atoms with Gasteiger partial charge in [-0.05, 0) is 24.5 Å². The SMILES string of the molecule is CC(C)(C)c1oc(=O)oc1COC(=O)N1CC[C@@H](N2CC/C(=C\C3=C(C(=O)[O-])N4C(=O)[C@@H](NC(=O)/C(=N\O)c5nsc(N)n5)[C@H]4SC3)C2=O)C1.[Na+]. The van der Waals surface area contributed by atoms with Gasteiger partial charge in [0.05, 0.1) is 17.7 Å². The van der Waals surface area contributed by atoms with E-state index in [-0.39, 0.29) is 88.5 Å². The van der Waals surface area contributed by atoms with Crippen molar-refractivity contribution in [2.45, 2.75) is 63.1 Å². The molecule has 3 fully saturated rings. The van der Waals surface area contributed by atoms with Crippen molar-refractivity contribution in [3.05, 3.63) is 50.9 Å². The molecule has 4 aliphatic rings. The van der Waals surface area contributed by atoms with E-state index >= 15 is 0 Å². The Kier molecular flexibility index (Phi) is 11.1. The Morgan fingerprint density at radius 3 is 2.61 bits per heavy atom. The zero-order valence-electron chi connectivity index (χ0n) is 27.9. The van der Waals surface area contributed by atoms with Crippen LogP contribution in [0.15, 0.2) is 41.7 Å². The number of nitrogen functional groups attached to an aromatic ring is 1. The average Bonchev–Trinajstić information content (AvgIpc) is 3.86. The molecule has 0 bridgehead atoms. The normalized spacial score (nSPS) is 23.0. The molecule has 22 heteroatoms. The molecule has 3 atom stereocenters. The summed E-state index contributed by atoms with van der Waals surface area (Å²) in [5, 5.41) is 26.2. The Morgan fingerprint density at radius 1 is 1.22 bits per heavy atom. The predicted octanol–water partition coefficient (Wildman–Crippen LogP) is -3.88. The number of hydrogen-bond acceptors (Lipinski definition) is 17. The molecule has 0 aromatic carbocycles. The number of β-lactam (4-membered cyclic amide) rings is 1. The van der Waals surface area contributed by atoms with E-state index in [2.05, 4.69) is 19.8 Å². The number of allylic oxidation sites excluding steroid dienone is 1. The maximum atomic E-state index is 13.5. The topological polar surface area (TPSA) is 267 Å². The minimum absolute atomic E-state index is 0. The fourth-order valence-electron chi connectivity index (χ4n) is 6.16. The van der Waals surface area contributed by atoms with Crippen LogP contribution >= 0.6 is 23.3 Å². The molecular weight excluding hydrogens is 723 g/mol. The summed E-state index contributed by atoms with van der Waals surface area (Å²) in [6.45, 7) is 6.02. The summed E-state index contributed by atoms with van der Waals surface area (Å²) in [6.07, 6.45) is 1.60.